The first-order chi connectivity index (χ1) is 10.1. The first kappa shape index (κ1) is 14.5. The van der Waals surface area contributed by atoms with E-state index in [-0.39, 0.29) is 17.9 Å². The minimum absolute atomic E-state index is 0.0421. The molecule has 2 aliphatic rings. The average Bonchev–Trinajstić information content (AvgIpc) is 3.16. The summed E-state index contributed by atoms with van der Waals surface area (Å²) < 4.78 is 0. The second-order valence-corrected chi connectivity index (χ2v) is 6.95. The molecule has 21 heavy (non-hydrogen) atoms. The zero-order valence-corrected chi connectivity index (χ0v) is 13.2. The van der Waals surface area contributed by atoms with Crippen LogP contribution in [0.5, 0.6) is 0 Å². The Morgan fingerprint density at radius 3 is 2.86 bits per heavy atom. The Bertz CT molecular complexity index is 531. The van der Waals surface area contributed by atoms with Gasteiger partial charge in [-0.05, 0) is 30.8 Å². The van der Waals surface area contributed by atoms with Crippen LogP contribution in [-0.4, -0.2) is 60.9 Å². The number of hydrogen-bond acceptors (Lipinski definition) is 4. The molecule has 2 aliphatic heterocycles. The first-order valence-electron chi connectivity index (χ1n) is 7.34. The molecule has 0 saturated carbocycles. The lowest BCUT2D eigenvalue weighted by atomic mass is 10.0. The summed E-state index contributed by atoms with van der Waals surface area (Å²) >= 11 is 1.63. The maximum atomic E-state index is 12.4. The zero-order chi connectivity index (χ0) is 15.0. The topological polar surface area (TPSA) is 52.7 Å². The van der Waals surface area contributed by atoms with Crippen LogP contribution in [0.25, 0.3) is 0 Å². The highest BCUT2D eigenvalue weighted by atomic mass is 32.1. The van der Waals surface area contributed by atoms with Crippen molar-refractivity contribution in [3.8, 4) is 0 Å². The molecule has 2 saturated heterocycles. The highest BCUT2D eigenvalue weighted by molar-refractivity contribution is 7.10. The third-order valence-electron chi connectivity index (χ3n) is 4.75. The van der Waals surface area contributed by atoms with Gasteiger partial charge in [0.15, 0.2) is 0 Å². The highest BCUT2D eigenvalue weighted by Crippen LogP contribution is 2.34. The minimum Gasteiger partial charge on any atom is -0.358 e. The van der Waals surface area contributed by atoms with Crippen LogP contribution < -0.4 is 5.32 Å². The number of likely N-dealkylation sites (tertiary alicyclic amines) is 2. The molecule has 1 aromatic heterocycles. The van der Waals surface area contributed by atoms with E-state index >= 15 is 0 Å². The van der Waals surface area contributed by atoms with Gasteiger partial charge in [0.25, 0.3) is 0 Å². The number of nitrogens with zero attached hydrogens (tertiary/aromatic N) is 2. The molecule has 0 spiro atoms. The zero-order valence-electron chi connectivity index (χ0n) is 12.4. The van der Waals surface area contributed by atoms with Crippen molar-refractivity contribution in [3.63, 3.8) is 0 Å². The van der Waals surface area contributed by atoms with Gasteiger partial charge >= 0.3 is 0 Å². The fourth-order valence-electron chi connectivity index (χ4n) is 3.57. The van der Waals surface area contributed by atoms with E-state index in [9.17, 15) is 9.59 Å². The summed E-state index contributed by atoms with van der Waals surface area (Å²) in [4.78, 5) is 29.4. The summed E-state index contributed by atoms with van der Waals surface area (Å²) in [6.45, 7) is 1.53. The second kappa shape index (κ2) is 5.77. The smallest absolute Gasteiger partial charge is 0.237 e. The summed E-state index contributed by atoms with van der Waals surface area (Å²) in [6.07, 6.45) is 1.35. The van der Waals surface area contributed by atoms with Crippen molar-refractivity contribution >= 4 is 23.2 Å². The van der Waals surface area contributed by atoms with Crippen LogP contribution in [0.3, 0.4) is 0 Å². The molecule has 3 rings (SSSR count). The molecule has 0 unspecified atom stereocenters. The van der Waals surface area contributed by atoms with E-state index in [2.05, 4.69) is 10.2 Å². The van der Waals surface area contributed by atoms with Gasteiger partial charge in [-0.2, -0.15) is 0 Å². The summed E-state index contributed by atoms with van der Waals surface area (Å²) in [7, 11) is 3.68. The Kier molecular flexibility index (Phi) is 3.99. The molecule has 0 aromatic carbocycles. The van der Waals surface area contributed by atoms with Gasteiger partial charge in [-0.15, -0.1) is 11.3 Å². The normalized spacial score (nSPS) is 28.7. The predicted octanol–water partition coefficient (Wildman–Crippen LogP) is 0.568. The molecule has 114 valence electrons. The first-order valence-corrected chi connectivity index (χ1v) is 8.21. The summed E-state index contributed by atoms with van der Waals surface area (Å²) in [5.41, 5.74) is 0. The van der Waals surface area contributed by atoms with Crippen molar-refractivity contribution in [2.45, 2.75) is 24.9 Å². The largest absolute Gasteiger partial charge is 0.358 e. The van der Waals surface area contributed by atoms with Crippen LogP contribution in [0.2, 0.25) is 0 Å². The van der Waals surface area contributed by atoms with Crippen molar-refractivity contribution in [1.29, 1.82) is 0 Å². The van der Waals surface area contributed by atoms with Crippen molar-refractivity contribution < 1.29 is 9.59 Å². The van der Waals surface area contributed by atoms with Gasteiger partial charge in [0.05, 0.1) is 12.5 Å². The fourth-order valence-corrected chi connectivity index (χ4v) is 4.26. The molecule has 2 amide bonds. The molecule has 6 heteroatoms. The lowest BCUT2D eigenvalue weighted by Gasteiger charge is -2.25. The van der Waals surface area contributed by atoms with Crippen LogP contribution in [0.15, 0.2) is 17.5 Å². The average molecular weight is 307 g/mol. The Morgan fingerprint density at radius 1 is 1.43 bits per heavy atom. The molecular weight excluding hydrogens is 286 g/mol. The van der Waals surface area contributed by atoms with E-state index in [1.54, 1.807) is 18.4 Å². The molecule has 1 N–H and O–H groups in total. The van der Waals surface area contributed by atoms with Gasteiger partial charge in [0.1, 0.15) is 0 Å². The number of rotatable bonds is 3. The van der Waals surface area contributed by atoms with Crippen LogP contribution in [-0.2, 0) is 16.0 Å². The Hall–Kier alpha value is -1.40. The summed E-state index contributed by atoms with van der Waals surface area (Å²) in [5.74, 6) is 0.713. The standard InChI is InChI=1S/C15H21N3O2S/c1-16-15(20)12-6-10-8-18(9-13(10)17(12)2)14(19)7-11-4-3-5-21-11/h3-5,10,12-13H,6-9H2,1-2H3,(H,16,20)/t10-,12-,13+/m1/s1. The lowest BCUT2D eigenvalue weighted by Crippen LogP contribution is -2.45. The fraction of sp³-hybridized carbons (Fsp3) is 0.600. The number of fused-ring (bicyclic) bond motifs is 1. The van der Waals surface area contributed by atoms with Gasteiger partial charge in [-0.3, -0.25) is 14.5 Å². The molecule has 1 aromatic rings. The SMILES string of the molecule is CNC(=O)[C@H]1C[C@@H]2CN(C(=O)Cc3cccs3)C[C@@H]2N1C. The van der Waals surface area contributed by atoms with Crippen LogP contribution >= 0.6 is 11.3 Å². The maximum Gasteiger partial charge on any atom is 0.237 e. The number of carbonyl (C=O) groups is 2. The van der Waals surface area contributed by atoms with E-state index < -0.39 is 0 Å². The second-order valence-electron chi connectivity index (χ2n) is 5.91. The Labute approximate surface area is 128 Å². The van der Waals surface area contributed by atoms with E-state index in [1.807, 2.05) is 29.5 Å². The third-order valence-corrected chi connectivity index (χ3v) is 5.63. The van der Waals surface area contributed by atoms with E-state index in [1.165, 1.54) is 0 Å². The van der Waals surface area contributed by atoms with E-state index in [0.29, 0.717) is 18.4 Å². The monoisotopic (exact) mass is 307 g/mol. The Morgan fingerprint density at radius 2 is 2.24 bits per heavy atom. The van der Waals surface area contributed by atoms with E-state index in [4.69, 9.17) is 0 Å². The van der Waals surface area contributed by atoms with Crippen molar-refractivity contribution in [2.75, 3.05) is 27.2 Å². The molecule has 3 atom stereocenters. The number of thiophene rings is 1. The molecule has 3 heterocycles. The maximum absolute atomic E-state index is 12.4. The van der Waals surface area contributed by atoms with E-state index in [0.717, 1.165) is 24.4 Å². The van der Waals surface area contributed by atoms with Crippen molar-refractivity contribution in [3.05, 3.63) is 22.4 Å². The number of hydrogen-bond donors (Lipinski definition) is 1. The third kappa shape index (κ3) is 2.70. The van der Waals surface area contributed by atoms with Gasteiger partial charge in [-0.1, -0.05) is 6.07 Å². The van der Waals surface area contributed by atoms with Gasteiger partial charge in [0, 0.05) is 31.1 Å². The van der Waals surface area contributed by atoms with Gasteiger partial charge in [-0.25, -0.2) is 0 Å². The quantitative estimate of drug-likeness (QED) is 0.888. The van der Waals surface area contributed by atoms with Crippen LogP contribution in [0, 0.1) is 5.92 Å². The molecule has 0 bridgehead atoms. The van der Waals surface area contributed by atoms with Crippen molar-refractivity contribution in [1.82, 2.24) is 15.1 Å². The van der Waals surface area contributed by atoms with Gasteiger partial charge in [0.2, 0.25) is 11.8 Å². The molecular formula is C15H21N3O2S. The number of amides is 2. The van der Waals surface area contributed by atoms with Gasteiger partial charge < -0.3 is 10.2 Å². The lowest BCUT2D eigenvalue weighted by molar-refractivity contribution is -0.130. The summed E-state index contributed by atoms with van der Waals surface area (Å²) in [6, 6.07) is 4.26. The number of carbonyl (C=O) groups excluding carboxylic acids is 2. The molecule has 0 aliphatic carbocycles. The van der Waals surface area contributed by atoms with Crippen LogP contribution in [0.1, 0.15) is 11.3 Å². The summed E-state index contributed by atoms with van der Waals surface area (Å²) in [5, 5.41) is 4.73. The number of nitrogens with one attached hydrogen (secondary N) is 1. The number of likely N-dealkylation sites (N-methyl/N-ethyl adjacent to an activating group) is 2. The van der Waals surface area contributed by atoms with Crippen LogP contribution in [0.4, 0.5) is 0 Å². The minimum atomic E-state index is -0.0421. The Balaban J connectivity index is 1.60. The molecule has 0 radical (unpaired) electrons. The predicted molar refractivity (Wildman–Crippen MR) is 82.1 cm³/mol. The highest BCUT2D eigenvalue weighted by Gasteiger charge is 2.47. The molecule has 2 fully saturated rings. The van der Waals surface area contributed by atoms with Crippen molar-refractivity contribution in [2.24, 2.45) is 5.92 Å². The molecule has 5 nitrogen and oxygen atoms in total.